The summed E-state index contributed by atoms with van der Waals surface area (Å²) >= 11 is 0. The van der Waals surface area contributed by atoms with Gasteiger partial charge in [-0.3, -0.25) is 9.59 Å². The van der Waals surface area contributed by atoms with Crippen LogP contribution in [0.25, 0.3) is 0 Å². The third-order valence-electron chi connectivity index (χ3n) is 5.14. The molecule has 0 unspecified atom stereocenters. The van der Waals surface area contributed by atoms with Gasteiger partial charge < -0.3 is 34.3 Å². The Bertz CT molecular complexity index is 791. The molecule has 9 nitrogen and oxygen atoms in total. The van der Waals surface area contributed by atoms with E-state index in [0.29, 0.717) is 43.4 Å². The molecule has 0 radical (unpaired) electrons. The lowest BCUT2D eigenvalue weighted by molar-refractivity contribution is -0.139. The largest absolute Gasteiger partial charge is 0.454 e. The van der Waals surface area contributed by atoms with Crippen molar-refractivity contribution < 1.29 is 33.6 Å². The van der Waals surface area contributed by atoms with Crippen LogP contribution >= 0.6 is 0 Å². The summed E-state index contributed by atoms with van der Waals surface area (Å²) in [6, 6.07) is 4.44. The van der Waals surface area contributed by atoms with Gasteiger partial charge >= 0.3 is 0 Å². The molecule has 1 fully saturated rings. The molecular formula is C20H24N2O7. The number of carbonyl (C=O) groups excluding carboxylic acids is 2. The van der Waals surface area contributed by atoms with Crippen LogP contribution in [0.1, 0.15) is 16.8 Å². The van der Waals surface area contributed by atoms with Gasteiger partial charge in [-0.25, -0.2) is 0 Å². The molecular weight excluding hydrogens is 380 g/mol. The van der Waals surface area contributed by atoms with E-state index in [2.05, 4.69) is 5.32 Å². The van der Waals surface area contributed by atoms with Gasteiger partial charge in [0.1, 0.15) is 6.10 Å². The summed E-state index contributed by atoms with van der Waals surface area (Å²) in [4.78, 5) is 26.7. The number of benzene rings is 1. The van der Waals surface area contributed by atoms with Crippen molar-refractivity contribution in [2.24, 2.45) is 0 Å². The van der Waals surface area contributed by atoms with Crippen LogP contribution in [0, 0.1) is 0 Å². The predicted octanol–water partition coefficient (Wildman–Crippen LogP) is 0.0785. The fraction of sp³-hybridized carbons (Fsp3) is 0.500. The van der Waals surface area contributed by atoms with Gasteiger partial charge in [-0.05, 0) is 18.2 Å². The maximum absolute atomic E-state index is 12.6. The van der Waals surface area contributed by atoms with Crippen molar-refractivity contribution >= 4 is 11.8 Å². The molecule has 3 aliphatic rings. The lowest BCUT2D eigenvalue weighted by Gasteiger charge is -2.33. The number of hydrogen-bond donors (Lipinski definition) is 2. The van der Waals surface area contributed by atoms with Gasteiger partial charge in [0.25, 0.3) is 5.91 Å². The molecule has 1 aromatic rings. The van der Waals surface area contributed by atoms with Crippen molar-refractivity contribution in [3.05, 3.63) is 35.9 Å². The zero-order valence-corrected chi connectivity index (χ0v) is 15.9. The fourth-order valence-electron chi connectivity index (χ4n) is 3.52. The Morgan fingerprint density at radius 1 is 1.14 bits per heavy atom. The fourth-order valence-corrected chi connectivity index (χ4v) is 3.52. The number of aliphatic hydroxyl groups is 1. The first-order valence-electron chi connectivity index (χ1n) is 9.64. The van der Waals surface area contributed by atoms with Crippen molar-refractivity contribution in [1.29, 1.82) is 0 Å². The average molecular weight is 404 g/mol. The molecule has 4 rings (SSSR count). The molecule has 156 valence electrons. The number of carbonyl (C=O) groups is 2. The number of fused-ring (bicyclic) bond motifs is 1. The summed E-state index contributed by atoms with van der Waals surface area (Å²) in [5.41, 5.74) is 0.420. The summed E-state index contributed by atoms with van der Waals surface area (Å²) in [5, 5.41) is 12.6. The summed E-state index contributed by atoms with van der Waals surface area (Å²) < 4.78 is 21.7. The maximum atomic E-state index is 12.6. The van der Waals surface area contributed by atoms with Gasteiger partial charge in [0.15, 0.2) is 11.5 Å². The predicted molar refractivity (Wildman–Crippen MR) is 101 cm³/mol. The second-order valence-electron chi connectivity index (χ2n) is 7.05. The first-order chi connectivity index (χ1) is 14.1. The van der Waals surface area contributed by atoms with Crippen LogP contribution in [0.2, 0.25) is 0 Å². The van der Waals surface area contributed by atoms with Gasteiger partial charge in [-0.1, -0.05) is 12.2 Å². The average Bonchev–Trinajstić information content (AvgIpc) is 3.23. The SMILES string of the molecule is O=C(N[C@H]1C=C[C@@H](CC(=O)N2CCOCC2)O[C@@H]1CO)c1ccc2c(c1)OCO2. The smallest absolute Gasteiger partial charge is 0.251 e. The molecule has 3 heterocycles. The Morgan fingerprint density at radius 3 is 2.72 bits per heavy atom. The Balaban J connectivity index is 1.36. The van der Waals surface area contributed by atoms with Crippen molar-refractivity contribution in [1.82, 2.24) is 10.2 Å². The van der Waals surface area contributed by atoms with Crippen LogP contribution in [0.3, 0.4) is 0 Å². The van der Waals surface area contributed by atoms with Crippen molar-refractivity contribution in [2.75, 3.05) is 39.7 Å². The third-order valence-corrected chi connectivity index (χ3v) is 5.14. The van der Waals surface area contributed by atoms with E-state index >= 15 is 0 Å². The van der Waals surface area contributed by atoms with Gasteiger partial charge in [0.2, 0.25) is 12.7 Å². The number of rotatable bonds is 5. The molecule has 2 N–H and O–H groups in total. The van der Waals surface area contributed by atoms with Crippen LogP contribution in [-0.2, 0) is 14.3 Å². The molecule has 29 heavy (non-hydrogen) atoms. The van der Waals surface area contributed by atoms with E-state index in [9.17, 15) is 14.7 Å². The Morgan fingerprint density at radius 2 is 1.93 bits per heavy atom. The van der Waals surface area contributed by atoms with E-state index in [0.717, 1.165) is 0 Å². The van der Waals surface area contributed by atoms with Gasteiger partial charge in [0, 0.05) is 18.7 Å². The minimum absolute atomic E-state index is 0.0116. The highest BCUT2D eigenvalue weighted by molar-refractivity contribution is 5.95. The first kappa shape index (κ1) is 19.7. The molecule has 0 bridgehead atoms. The molecule has 9 heteroatoms. The van der Waals surface area contributed by atoms with Crippen molar-refractivity contribution in [3.63, 3.8) is 0 Å². The molecule has 2 amide bonds. The number of amides is 2. The molecule has 0 aliphatic carbocycles. The zero-order valence-electron chi connectivity index (χ0n) is 15.9. The zero-order chi connectivity index (χ0) is 20.2. The van der Waals surface area contributed by atoms with E-state index in [4.69, 9.17) is 18.9 Å². The van der Waals surface area contributed by atoms with E-state index in [1.54, 1.807) is 35.3 Å². The Hall–Kier alpha value is -2.62. The van der Waals surface area contributed by atoms with Gasteiger partial charge in [-0.2, -0.15) is 0 Å². The minimum atomic E-state index is -0.638. The lowest BCUT2D eigenvalue weighted by atomic mass is 10.0. The number of hydrogen-bond acceptors (Lipinski definition) is 7. The highest BCUT2D eigenvalue weighted by Crippen LogP contribution is 2.32. The summed E-state index contributed by atoms with van der Waals surface area (Å²) in [6.45, 7) is 2.09. The molecule has 1 saturated heterocycles. The highest BCUT2D eigenvalue weighted by Gasteiger charge is 2.30. The Kier molecular flexibility index (Phi) is 5.98. The number of nitrogens with zero attached hydrogens (tertiary/aromatic N) is 1. The van der Waals surface area contributed by atoms with Crippen LogP contribution in [0.5, 0.6) is 11.5 Å². The highest BCUT2D eigenvalue weighted by atomic mass is 16.7. The van der Waals surface area contributed by atoms with Crippen molar-refractivity contribution in [3.8, 4) is 11.5 Å². The number of aliphatic hydroxyl groups excluding tert-OH is 1. The van der Waals surface area contributed by atoms with Gasteiger partial charge in [0.05, 0.1) is 38.4 Å². The second kappa shape index (κ2) is 8.81. The lowest BCUT2D eigenvalue weighted by Crippen LogP contribution is -2.49. The minimum Gasteiger partial charge on any atom is -0.454 e. The van der Waals surface area contributed by atoms with Crippen LogP contribution in [0.4, 0.5) is 0 Å². The summed E-state index contributed by atoms with van der Waals surface area (Å²) in [7, 11) is 0. The monoisotopic (exact) mass is 404 g/mol. The number of ether oxygens (including phenoxy) is 4. The number of nitrogens with one attached hydrogen (secondary N) is 1. The van der Waals surface area contributed by atoms with Crippen LogP contribution in [0.15, 0.2) is 30.4 Å². The quantitative estimate of drug-likeness (QED) is 0.670. The number of morpholine rings is 1. The molecule has 0 saturated carbocycles. The maximum Gasteiger partial charge on any atom is 0.251 e. The van der Waals surface area contributed by atoms with E-state index in [-0.39, 0.29) is 31.6 Å². The summed E-state index contributed by atoms with van der Waals surface area (Å²) in [5.74, 6) is 0.794. The van der Waals surface area contributed by atoms with Crippen LogP contribution in [-0.4, -0.2) is 79.8 Å². The Labute approximate surface area is 168 Å². The standard InChI is InChI=1S/C20H24N2O7/c23-11-18-15(21-20(25)13-1-4-16-17(9-13)28-12-27-16)3-2-14(29-18)10-19(24)22-5-7-26-8-6-22/h1-4,9,14-15,18,23H,5-8,10-12H2,(H,21,25)/t14-,15-,18+/m0/s1. The molecule has 0 spiro atoms. The van der Waals surface area contributed by atoms with E-state index < -0.39 is 18.2 Å². The van der Waals surface area contributed by atoms with E-state index in [1.165, 1.54) is 0 Å². The molecule has 3 atom stereocenters. The molecule has 0 aromatic heterocycles. The first-order valence-corrected chi connectivity index (χ1v) is 9.64. The third kappa shape index (κ3) is 4.52. The normalized spacial score (nSPS) is 25.7. The van der Waals surface area contributed by atoms with E-state index in [1.807, 2.05) is 0 Å². The van der Waals surface area contributed by atoms with Crippen molar-refractivity contribution in [2.45, 2.75) is 24.7 Å². The summed E-state index contributed by atoms with van der Waals surface area (Å²) in [6.07, 6.45) is 2.64. The molecule has 3 aliphatic heterocycles. The second-order valence-corrected chi connectivity index (χ2v) is 7.05. The van der Waals surface area contributed by atoms with Gasteiger partial charge in [-0.15, -0.1) is 0 Å². The van der Waals surface area contributed by atoms with Crippen LogP contribution < -0.4 is 14.8 Å². The molecule has 1 aromatic carbocycles. The topological polar surface area (TPSA) is 107 Å².